The predicted molar refractivity (Wildman–Crippen MR) is 147 cm³/mol. The maximum absolute atomic E-state index is 6.15. The number of furan rings is 1. The minimum atomic E-state index is 0.882. The summed E-state index contributed by atoms with van der Waals surface area (Å²) in [5, 5.41) is 16.6. The molecule has 0 radical (unpaired) electrons. The molecule has 0 bridgehead atoms. The molecule has 0 saturated heterocycles. The molecule has 0 aliphatic rings. The number of aromatic nitrogens is 3. The minimum absolute atomic E-state index is 0.882. The van der Waals surface area contributed by atoms with Crippen molar-refractivity contribution in [2.24, 2.45) is 0 Å². The summed E-state index contributed by atoms with van der Waals surface area (Å²) in [6.45, 7) is 0. The maximum Gasteiger partial charge on any atom is 0.136 e. The summed E-state index contributed by atoms with van der Waals surface area (Å²) in [4.78, 5) is 1.73. The van der Waals surface area contributed by atoms with Gasteiger partial charge in [-0.05, 0) is 63.7 Å². The van der Waals surface area contributed by atoms with Crippen molar-refractivity contribution in [2.45, 2.75) is 0 Å². The van der Waals surface area contributed by atoms with Crippen LogP contribution in [0.2, 0.25) is 0 Å². The number of fused-ring (bicyclic) bond motifs is 8. The molecular weight excluding hydrogens is 442 g/mol. The lowest BCUT2D eigenvalue weighted by Crippen LogP contribution is -1.97. The Morgan fingerprint density at radius 2 is 1.33 bits per heavy atom. The standard InChI is InChI=1S/C32H19N3O/c1-2-7-23(8-3-1)35-33-27-18-17-21-15-13-20-14-16-22(19-26(20)30(21)32(27)34-35)24-10-6-12-29-31(24)25-9-4-5-11-28(25)36-29/h1-19H. The van der Waals surface area contributed by atoms with E-state index in [1.807, 2.05) is 48.5 Å². The fraction of sp³-hybridized carbons (Fsp3) is 0. The average molecular weight is 462 g/mol. The van der Waals surface area contributed by atoms with Crippen LogP contribution in [-0.4, -0.2) is 15.0 Å². The van der Waals surface area contributed by atoms with Gasteiger partial charge in [-0.3, -0.25) is 0 Å². The van der Waals surface area contributed by atoms with Gasteiger partial charge in [0.1, 0.15) is 22.2 Å². The second kappa shape index (κ2) is 7.27. The first kappa shape index (κ1) is 19.4. The first-order valence-electron chi connectivity index (χ1n) is 12.0. The highest BCUT2D eigenvalue weighted by molar-refractivity contribution is 6.20. The molecule has 8 rings (SSSR count). The molecule has 0 fully saturated rings. The van der Waals surface area contributed by atoms with Crippen LogP contribution in [0.3, 0.4) is 0 Å². The number of nitrogens with zero attached hydrogens (tertiary/aromatic N) is 3. The molecule has 8 aromatic rings. The van der Waals surface area contributed by atoms with Gasteiger partial charge in [-0.1, -0.05) is 78.9 Å². The largest absolute Gasteiger partial charge is 0.456 e. The summed E-state index contributed by atoms with van der Waals surface area (Å²) in [7, 11) is 0. The van der Waals surface area contributed by atoms with E-state index in [2.05, 4.69) is 66.7 Å². The van der Waals surface area contributed by atoms with Gasteiger partial charge in [0, 0.05) is 16.2 Å². The molecule has 0 atom stereocenters. The topological polar surface area (TPSA) is 43.9 Å². The van der Waals surface area contributed by atoms with E-state index >= 15 is 0 Å². The van der Waals surface area contributed by atoms with Gasteiger partial charge in [0.15, 0.2) is 0 Å². The zero-order valence-electron chi connectivity index (χ0n) is 19.2. The van der Waals surface area contributed by atoms with E-state index in [-0.39, 0.29) is 0 Å². The van der Waals surface area contributed by atoms with Crippen LogP contribution in [0.5, 0.6) is 0 Å². The van der Waals surface area contributed by atoms with E-state index in [9.17, 15) is 0 Å². The molecule has 4 heteroatoms. The normalized spacial score (nSPS) is 11.9. The third kappa shape index (κ3) is 2.75. The molecular formula is C32H19N3O. The van der Waals surface area contributed by atoms with Crippen molar-refractivity contribution in [1.29, 1.82) is 0 Å². The van der Waals surface area contributed by atoms with Crippen molar-refractivity contribution in [3.05, 3.63) is 115 Å². The van der Waals surface area contributed by atoms with E-state index in [0.29, 0.717) is 0 Å². The van der Waals surface area contributed by atoms with Crippen LogP contribution in [0.4, 0.5) is 0 Å². The van der Waals surface area contributed by atoms with Crippen molar-refractivity contribution >= 4 is 54.5 Å². The van der Waals surface area contributed by atoms with Gasteiger partial charge in [-0.15, -0.1) is 10.2 Å². The Labute approximate surface area is 206 Å². The quantitative estimate of drug-likeness (QED) is 0.243. The molecule has 168 valence electrons. The second-order valence-electron chi connectivity index (χ2n) is 9.13. The molecule has 0 unspecified atom stereocenters. The van der Waals surface area contributed by atoms with Crippen molar-refractivity contribution < 1.29 is 4.42 Å². The summed E-state index contributed by atoms with van der Waals surface area (Å²) in [6.07, 6.45) is 0. The van der Waals surface area contributed by atoms with Gasteiger partial charge in [0.05, 0.1) is 5.69 Å². The van der Waals surface area contributed by atoms with Crippen LogP contribution < -0.4 is 0 Å². The van der Waals surface area contributed by atoms with Crippen molar-refractivity contribution in [1.82, 2.24) is 15.0 Å². The first-order chi connectivity index (χ1) is 17.8. The fourth-order valence-corrected chi connectivity index (χ4v) is 5.38. The lowest BCUT2D eigenvalue weighted by Gasteiger charge is -2.09. The zero-order valence-corrected chi connectivity index (χ0v) is 19.2. The lowest BCUT2D eigenvalue weighted by atomic mass is 9.94. The summed E-state index contributed by atoms with van der Waals surface area (Å²) < 4.78 is 6.15. The predicted octanol–water partition coefficient (Wildman–Crippen LogP) is 8.29. The Bertz CT molecular complexity index is 2100. The molecule has 0 saturated carbocycles. The molecule has 0 aliphatic heterocycles. The van der Waals surface area contributed by atoms with Gasteiger partial charge < -0.3 is 4.42 Å². The Morgan fingerprint density at radius 1 is 0.556 bits per heavy atom. The van der Waals surface area contributed by atoms with Gasteiger partial charge in [0.25, 0.3) is 0 Å². The number of para-hydroxylation sites is 2. The maximum atomic E-state index is 6.15. The van der Waals surface area contributed by atoms with Crippen LogP contribution in [-0.2, 0) is 0 Å². The average Bonchev–Trinajstić information content (AvgIpc) is 3.55. The smallest absolute Gasteiger partial charge is 0.136 e. The molecule has 2 heterocycles. The highest BCUT2D eigenvalue weighted by Crippen LogP contribution is 2.39. The molecule has 36 heavy (non-hydrogen) atoms. The van der Waals surface area contributed by atoms with Crippen molar-refractivity contribution in [3.8, 4) is 16.8 Å². The summed E-state index contributed by atoms with van der Waals surface area (Å²) in [6, 6.07) is 39.8. The number of benzene rings is 6. The Hall–Kier alpha value is -4.96. The Morgan fingerprint density at radius 3 is 2.28 bits per heavy atom. The second-order valence-corrected chi connectivity index (χ2v) is 9.13. The lowest BCUT2D eigenvalue weighted by molar-refractivity contribution is 0.669. The van der Waals surface area contributed by atoms with Crippen LogP contribution in [0.25, 0.3) is 71.3 Å². The van der Waals surface area contributed by atoms with Crippen LogP contribution in [0, 0.1) is 0 Å². The van der Waals surface area contributed by atoms with Gasteiger partial charge in [0.2, 0.25) is 0 Å². The molecule has 0 N–H and O–H groups in total. The molecule has 6 aromatic carbocycles. The number of rotatable bonds is 2. The van der Waals surface area contributed by atoms with E-state index in [1.54, 1.807) is 4.80 Å². The zero-order chi connectivity index (χ0) is 23.6. The first-order valence-corrected chi connectivity index (χ1v) is 12.0. The SMILES string of the molecule is c1ccc(-n2nc3ccc4ccc5ccc(-c6cccc7oc8ccccc8c67)cc5c4c3n2)cc1. The van der Waals surface area contributed by atoms with Crippen molar-refractivity contribution in [3.63, 3.8) is 0 Å². The van der Waals surface area contributed by atoms with Gasteiger partial charge in [-0.2, -0.15) is 4.80 Å². The highest BCUT2D eigenvalue weighted by atomic mass is 16.3. The summed E-state index contributed by atoms with van der Waals surface area (Å²) in [5.41, 5.74) is 6.86. The van der Waals surface area contributed by atoms with E-state index in [0.717, 1.165) is 60.6 Å². The van der Waals surface area contributed by atoms with Crippen LogP contribution in [0.15, 0.2) is 120 Å². The molecule has 4 nitrogen and oxygen atoms in total. The molecule has 0 spiro atoms. The number of hydrogen-bond acceptors (Lipinski definition) is 3. The highest BCUT2D eigenvalue weighted by Gasteiger charge is 2.15. The van der Waals surface area contributed by atoms with Crippen LogP contribution >= 0.6 is 0 Å². The molecule has 2 aromatic heterocycles. The van der Waals surface area contributed by atoms with E-state index in [4.69, 9.17) is 14.6 Å². The van der Waals surface area contributed by atoms with Gasteiger partial charge in [-0.25, -0.2) is 0 Å². The van der Waals surface area contributed by atoms with Crippen LogP contribution in [0.1, 0.15) is 0 Å². The monoisotopic (exact) mass is 461 g/mol. The van der Waals surface area contributed by atoms with E-state index in [1.165, 1.54) is 10.8 Å². The Balaban J connectivity index is 1.43. The third-order valence-electron chi connectivity index (χ3n) is 7.05. The third-order valence-corrected chi connectivity index (χ3v) is 7.05. The summed E-state index contributed by atoms with van der Waals surface area (Å²) >= 11 is 0. The minimum Gasteiger partial charge on any atom is -0.456 e. The molecule has 0 aliphatic carbocycles. The van der Waals surface area contributed by atoms with E-state index < -0.39 is 0 Å². The summed E-state index contributed by atoms with van der Waals surface area (Å²) in [5.74, 6) is 0. The fourth-order valence-electron chi connectivity index (χ4n) is 5.38. The Kier molecular flexibility index (Phi) is 3.91. The van der Waals surface area contributed by atoms with Gasteiger partial charge >= 0.3 is 0 Å². The molecule has 0 amide bonds. The van der Waals surface area contributed by atoms with Crippen molar-refractivity contribution in [2.75, 3.05) is 0 Å². The number of hydrogen-bond donors (Lipinski definition) is 0.